The van der Waals surface area contributed by atoms with Crippen LogP contribution in [0.4, 0.5) is 0 Å². The molecule has 0 amide bonds. The Kier molecular flexibility index (Phi) is 14.8. The molecule has 0 saturated carbocycles. The predicted molar refractivity (Wildman–Crippen MR) is 198 cm³/mol. The van der Waals surface area contributed by atoms with E-state index in [1.807, 2.05) is 97.9 Å². The fourth-order valence-corrected chi connectivity index (χ4v) is 5.42. The zero-order valence-corrected chi connectivity index (χ0v) is 28.7. The molecule has 8 heteroatoms. The van der Waals surface area contributed by atoms with Crippen LogP contribution in [0.2, 0.25) is 0 Å². The Balaban J connectivity index is 1.18. The number of carbonyl (C=O) groups is 2. The molecule has 0 aliphatic rings. The summed E-state index contributed by atoms with van der Waals surface area (Å²) < 4.78 is 16.3. The van der Waals surface area contributed by atoms with E-state index in [9.17, 15) is 14.7 Å². The van der Waals surface area contributed by atoms with Crippen molar-refractivity contribution in [3.05, 3.63) is 138 Å². The molecule has 0 aliphatic carbocycles. The normalized spacial score (nSPS) is 11.3. The van der Waals surface area contributed by atoms with Crippen molar-refractivity contribution < 1.29 is 34.0 Å². The molecule has 0 spiro atoms. The van der Waals surface area contributed by atoms with Crippen molar-refractivity contribution in [2.75, 3.05) is 25.6 Å². The first-order valence-corrected chi connectivity index (χ1v) is 17.0. The van der Waals surface area contributed by atoms with Gasteiger partial charge in [0.2, 0.25) is 0 Å². The molecule has 0 heterocycles. The summed E-state index contributed by atoms with van der Waals surface area (Å²) >= 11 is 1.67. The Labute approximate surface area is 297 Å². The fourth-order valence-electron chi connectivity index (χ4n) is 4.61. The molecule has 0 fully saturated rings. The molecule has 4 aromatic rings. The number of carboxylic acids is 2. The Morgan fingerprint density at radius 3 is 1.98 bits per heavy atom. The molecule has 4 rings (SSSR count). The van der Waals surface area contributed by atoms with Crippen LogP contribution in [-0.4, -0.2) is 53.8 Å². The number of allylic oxidation sites excluding steroid dienone is 2. The topological polar surface area (TPSA) is 102 Å². The van der Waals surface area contributed by atoms with Crippen LogP contribution in [0.5, 0.6) is 11.5 Å². The lowest BCUT2D eigenvalue weighted by molar-refractivity contribution is -0.150. The lowest BCUT2D eigenvalue weighted by atomic mass is 10.0. The van der Waals surface area contributed by atoms with Crippen molar-refractivity contribution in [1.82, 2.24) is 0 Å². The molecule has 0 bridgehead atoms. The molecule has 0 saturated heterocycles. The van der Waals surface area contributed by atoms with E-state index in [-0.39, 0.29) is 6.61 Å². The van der Waals surface area contributed by atoms with E-state index < -0.39 is 18.0 Å². The van der Waals surface area contributed by atoms with Gasteiger partial charge in [0.15, 0.2) is 12.7 Å². The number of hydrogen-bond donors (Lipinski definition) is 2. The summed E-state index contributed by atoms with van der Waals surface area (Å²) in [7, 11) is 0. The van der Waals surface area contributed by atoms with Gasteiger partial charge in [0.1, 0.15) is 18.1 Å². The highest BCUT2D eigenvalue weighted by molar-refractivity contribution is 7.99. The maximum Gasteiger partial charge on any atom is 0.341 e. The second kappa shape index (κ2) is 20.0. The quantitative estimate of drug-likeness (QED) is 0.0964. The van der Waals surface area contributed by atoms with Crippen molar-refractivity contribution in [3.63, 3.8) is 0 Å². The van der Waals surface area contributed by atoms with Crippen LogP contribution in [0.1, 0.15) is 29.2 Å². The standard InChI is InChI=1S/C42H38O7S/c1-3-47-40(42(45)46)29-34-16-22-37(23-17-34)48-26-8-4-6-10-32-12-18-35(19-13-32)36-20-14-33(15-21-36)11-7-5-9-27-50-38-24-25-39(31(2)28-38)49-30-41(43)44/h4-5,8-9,12-25,28,40H,3,26-27,29-30H2,1-2H3,(H,43,44)(H,45,46)/b8-4+,9-5+. The number of benzene rings is 4. The lowest BCUT2D eigenvalue weighted by Gasteiger charge is -2.12. The highest BCUT2D eigenvalue weighted by Gasteiger charge is 2.17. The van der Waals surface area contributed by atoms with E-state index in [1.54, 1.807) is 30.8 Å². The predicted octanol–water partition coefficient (Wildman–Crippen LogP) is 7.84. The van der Waals surface area contributed by atoms with Crippen LogP contribution in [0, 0.1) is 30.6 Å². The first kappa shape index (κ1) is 37.2. The zero-order chi connectivity index (χ0) is 35.6. The number of thioether (sulfide) groups is 1. The molecule has 50 heavy (non-hydrogen) atoms. The van der Waals surface area contributed by atoms with Gasteiger partial charge in [-0.15, -0.1) is 11.8 Å². The SMILES string of the molecule is CCOC(Cc1ccc(OC/C=C/C#Cc2ccc(-c3ccc(C#C/C=C/CSc4ccc(OCC(=O)O)c(C)c4)cc3)cc2)cc1)C(=O)O. The molecule has 4 aromatic carbocycles. The highest BCUT2D eigenvalue weighted by Crippen LogP contribution is 2.26. The Hall–Kier alpha value is -5.67. The Morgan fingerprint density at radius 1 is 0.800 bits per heavy atom. The van der Waals surface area contributed by atoms with E-state index in [1.165, 1.54) is 0 Å². The van der Waals surface area contributed by atoms with E-state index in [0.717, 1.165) is 44.0 Å². The van der Waals surface area contributed by atoms with Crippen molar-refractivity contribution in [3.8, 4) is 46.3 Å². The average molecular weight is 687 g/mol. The first-order chi connectivity index (χ1) is 24.3. The van der Waals surface area contributed by atoms with Gasteiger partial charge in [-0.2, -0.15) is 0 Å². The van der Waals surface area contributed by atoms with Gasteiger partial charge in [0, 0.05) is 34.8 Å². The summed E-state index contributed by atoms with van der Waals surface area (Å²) in [6.45, 7) is 4.04. The second-order valence-electron chi connectivity index (χ2n) is 10.9. The third kappa shape index (κ3) is 12.7. The third-order valence-corrected chi connectivity index (χ3v) is 8.06. The smallest absolute Gasteiger partial charge is 0.341 e. The average Bonchev–Trinajstić information content (AvgIpc) is 3.11. The minimum absolute atomic E-state index is 0.303. The fraction of sp³-hybridized carbons (Fsp3) is 0.190. The van der Waals surface area contributed by atoms with E-state index >= 15 is 0 Å². The van der Waals surface area contributed by atoms with Crippen molar-refractivity contribution in [2.24, 2.45) is 0 Å². The number of aliphatic carboxylic acids is 2. The van der Waals surface area contributed by atoms with Gasteiger partial charge in [-0.25, -0.2) is 9.59 Å². The lowest BCUT2D eigenvalue weighted by Crippen LogP contribution is -2.26. The van der Waals surface area contributed by atoms with Gasteiger partial charge in [-0.05, 0) is 109 Å². The van der Waals surface area contributed by atoms with Gasteiger partial charge in [0.05, 0.1) is 0 Å². The largest absolute Gasteiger partial charge is 0.490 e. The van der Waals surface area contributed by atoms with Gasteiger partial charge in [-0.3, -0.25) is 0 Å². The summed E-state index contributed by atoms with van der Waals surface area (Å²) in [5.41, 5.74) is 5.79. The maximum absolute atomic E-state index is 11.3. The zero-order valence-electron chi connectivity index (χ0n) is 27.9. The van der Waals surface area contributed by atoms with Gasteiger partial charge >= 0.3 is 11.9 Å². The van der Waals surface area contributed by atoms with Gasteiger partial charge in [0.25, 0.3) is 0 Å². The number of aryl methyl sites for hydroxylation is 1. The van der Waals surface area contributed by atoms with Crippen LogP contribution in [0.15, 0.2) is 120 Å². The maximum atomic E-state index is 11.3. The van der Waals surface area contributed by atoms with Crippen molar-refractivity contribution >= 4 is 23.7 Å². The molecule has 1 atom stereocenters. The van der Waals surface area contributed by atoms with Crippen LogP contribution < -0.4 is 9.47 Å². The molecule has 254 valence electrons. The third-order valence-electron chi connectivity index (χ3n) is 7.12. The molecular weight excluding hydrogens is 649 g/mol. The van der Waals surface area contributed by atoms with Gasteiger partial charge in [-0.1, -0.05) is 66.2 Å². The molecule has 1 unspecified atom stereocenters. The minimum atomic E-state index is -0.997. The molecule has 0 radical (unpaired) electrons. The van der Waals surface area contributed by atoms with E-state index in [0.29, 0.717) is 31.1 Å². The highest BCUT2D eigenvalue weighted by atomic mass is 32.2. The second-order valence-corrected chi connectivity index (χ2v) is 12.0. The summed E-state index contributed by atoms with van der Waals surface area (Å²) in [5, 5.41) is 18.0. The van der Waals surface area contributed by atoms with Crippen molar-refractivity contribution in [1.29, 1.82) is 0 Å². The van der Waals surface area contributed by atoms with Crippen LogP contribution in [0.25, 0.3) is 11.1 Å². The number of hydrogen-bond acceptors (Lipinski definition) is 6. The first-order valence-electron chi connectivity index (χ1n) is 16.0. The number of ether oxygens (including phenoxy) is 3. The van der Waals surface area contributed by atoms with E-state index in [4.69, 9.17) is 19.3 Å². The minimum Gasteiger partial charge on any atom is -0.490 e. The van der Waals surface area contributed by atoms with Crippen LogP contribution in [0.3, 0.4) is 0 Å². The summed E-state index contributed by atoms with van der Waals surface area (Å²) in [4.78, 5) is 23.1. The number of rotatable bonds is 15. The van der Waals surface area contributed by atoms with Crippen molar-refractivity contribution in [2.45, 2.75) is 31.3 Å². The molecule has 2 N–H and O–H groups in total. The Bertz CT molecular complexity index is 1900. The summed E-state index contributed by atoms with van der Waals surface area (Å²) in [5.74, 6) is 12.5. The molecular formula is C42H38O7S. The molecule has 0 aliphatic heterocycles. The van der Waals surface area contributed by atoms with E-state index in [2.05, 4.69) is 35.8 Å². The summed E-state index contributed by atoms with van der Waals surface area (Å²) in [6.07, 6.45) is 6.92. The summed E-state index contributed by atoms with van der Waals surface area (Å²) in [6, 6.07) is 29.2. The van der Waals surface area contributed by atoms with Crippen LogP contribution in [-0.2, 0) is 20.7 Å². The molecule has 7 nitrogen and oxygen atoms in total. The number of carboxylic acid groups (broad SMARTS) is 2. The Morgan fingerprint density at radius 2 is 1.42 bits per heavy atom. The monoisotopic (exact) mass is 686 g/mol. The van der Waals surface area contributed by atoms with Crippen LogP contribution >= 0.6 is 11.8 Å². The van der Waals surface area contributed by atoms with Gasteiger partial charge < -0.3 is 24.4 Å². The molecule has 0 aromatic heterocycles.